The zero-order chi connectivity index (χ0) is 21.6. The van der Waals surface area contributed by atoms with Crippen LogP contribution in [0.25, 0.3) is 17.2 Å². The second-order valence-electron chi connectivity index (χ2n) is 7.27. The maximum Gasteiger partial charge on any atom is 0.407 e. The second kappa shape index (κ2) is 9.63. The number of alkyl carbamates (subject to hydrolysis) is 1. The summed E-state index contributed by atoms with van der Waals surface area (Å²) in [5.41, 5.74) is 7.43. The molecule has 0 atom stereocenters. The Balaban J connectivity index is 1.35. The highest BCUT2D eigenvalue weighted by atomic mass is 79.9. The van der Waals surface area contributed by atoms with Crippen LogP contribution in [-0.4, -0.2) is 19.2 Å². The van der Waals surface area contributed by atoms with Crippen LogP contribution in [0.5, 0.6) is 0 Å². The zero-order valence-corrected chi connectivity index (χ0v) is 18.4. The number of rotatable bonds is 6. The first-order valence-electron chi connectivity index (χ1n) is 10.1. The minimum absolute atomic E-state index is 0.0453. The molecule has 0 heterocycles. The Labute approximate surface area is 190 Å². The molecule has 3 aromatic rings. The highest BCUT2D eigenvalue weighted by Gasteiger charge is 2.28. The smallest absolute Gasteiger partial charge is 0.407 e. The number of nitrogens with one attached hydrogen (secondary N) is 1. The Morgan fingerprint density at radius 3 is 2.39 bits per heavy atom. The molecule has 1 aliphatic rings. The lowest BCUT2D eigenvalue weighted by atomic mass is 9.98. The van der Waals surface area contributed by atoms with Crippen LogP contribution in [0.1, 0.15) is 33.7 Å². The van der Waals surface area contributed by atoms with Crippen LogP contribution in [0.15, 0.2) is 72.8 Å². The lowest BCUT2D eigenvalue weighted by Gasteiger charge is -2.14. The molecule has 0 aliphatic heterocycles. The summed E-state index contributed by atoms with van der Waals surface area (Å²) >= 11 is 3.46. The minimum Gasteiger partial charge on any atom is -0.449 e. The number of nitriles is 1. The van der Waals surface area contributed by atoms with E-state index in [9.17, 15) is 4.79 Å². The summed E-state index contributed by atoms with van der Waals surface area (Å²) in [5, 5.41) is 12.5. The van der Waals surface area contributed by atoms with Gasteiger partial charge < -0.3 is 10.1 Å². The quantitative estimate of drug-likeness (QED) is 0.447. The first-order chi connectivity index (χ1) is 15.2. The molecule has 4 rings (SSSR count). The van der Waals surface area contributed by atoms with Crippen LogP contribution in [0.3, 0.4) is 0 Å². The molecule has 0 bridgehead atoms. The van der Waals surface area contributed by atoms with Gasteiger partial charge in [-0.15, -0.1) is 0 Å². The number of carbonyl (C=O) groups excluding carboxylic acids is 1. The number of amides is 1. The van der Waals surface area contributed by atoms with E-state index in [1.807, 2.05) is 48.6 Å². The molecule has 0 fully saturated rings. The van der Waals surface area contributed by atoms with Gasteiger partial charge in [0.1, 0.15) is 6.61 Å². The fraction of sp³-hybridized carbons (Fsp3) is 0.154. The topological polar surface area (TPSA) is 62.1 Å². The van der Waals surface area contributed by atoms with Crippen molar-refractivity contribution in [3.05, 3.63) is 101 Å². The zero-order valence-electron chi connectivity index (χ0n) is 16.8. The molecule has 0 radical (unpaired) electrons. The number of hydrogen-bond acceptors (Lipinski definition) is 3. The summed E-state index contributed by atoms with van der Waals surface area (Å²) in [6, 6.07) is 24.2. The number of ether oxygens (including phenoxy) is 1. The third-order valence-electron chi connectivity index (χ3n) is 5.42. The van der Waals surface area contributed by atoms with Gasteiger partial charge in [-0.2, -0.15) is 5.26 Å². The lowest BCUT2D eigenvalue weighted by molar-refractivity contribution is 0.144. The molecule has 31 heavy (non-hydrogen) atoms. The highest BCUT2D eigenvalue weighted by molar-refractivity contribution is 9.08. The minimum atomic E-state index is -0.446. The number of nitrogens with zero attached hydrogens (tertiary/aromatic N) is 1. The Bertz CT molecular complexity index is 1130. The number of benzene rings is 3. The lowest BCUT2D eigenvalue weighted by Crippen LogP contribution is -2.26. The van der Waals surface area contributed by atoms with Gasteiger partial charge in [-0.3, -0.25) is 0 Å². The van der Waals surface area contributed by atoms with Crippen molar-refractivity contribution in [3.63, 3.8) is 0 Å². The van der Waals surface area contributed by atoms with Crippen LogP contribution < -0.4 is 5.32 Å². The van der Waals surface area contributed by atoms with Crippen molar-refractivity contribution in [1.29, 1.82) is 5.26 Å². The number of alkyl halides is 1. The maximum atomic E-state index is 12.2. The van der Waals surface area contributed by atoms with Gasteiger partial charge in [-0.05, 0) is 45.5 Å². The third kappa shape index (κ3) is 4.55. The van der Waals surface area contributed by atoms with E-state index in [0.29, 0.717) is 24.0 Å². The fourth-order valence-corrected chi connectivity index (χ4v) is 4.43. The summed E-state index contributed by atoms with van der Waals surface area (Å²) in [7, 11) is 0. The molecule has 154 valence electrons. The van der Waals surface area contributed by atoms with E-state index in [4.69, 9.17) is 10.00 Å². The molecular weight excluding hydrogens is 452 g/mol. The van der Waals surface area contributed by atoms with Crippen LogP contribution in [0.4, 0.5) is 4.79 Å². The van der Waals surface area contributed by atoms with E-state index < -0.39 is 6.09 Å². The maximum absolute atomic E-state index is 12.2. The summed E-state index contributed by atoms with van der Waals surface area (Å²) in [4.78, 5) is 12.2. The van der Waals surface area contributed by atoms with Gasteiger partial charge in [0.2, 0.25) is 0 Å². The fourth-order valence-electron chi connectivity index (χ4n) is 3.92. The van der Waals surface area contributed by atoms with Gasteiger partial charge in [0.25, 0.3) is 0 Å². The van der Waals surface area contributed by atoms with Crippen molar-refractivity contribution < 1.29 is 9.53 Å². The standard InChI is InChI=1S/C26H21BrN2O2/c27-15-20-12-11-18(16-28)14-19(20)6-5-13-29-26(30)31-17-25-23-9-3-1-7-21(23)22-8-2-4-10-24(22)25/h1-12,14,25H,13,15,17H2,(H,29,30). The molecule has 4 nitrogen and oxygen atoms in total. The first kappa shape index (κ1) is 20.9. The summed E-state index contributed by atoms with van der Waals surface area (Å²) in [6.45, 7) is 0.636. The predicted molar refractivity (Wildman–Crippen MR) is 126 cm³/mol. The molecule has 3 aromatic carbocycles. The molecular formula is C26H21BrN2O2. The van der Waals surface area contributed by atoms with Crippen LogP contribution in [0.2, 0.25) is 0 Å². The number of halogens is 1. The van der Waals surface area contributed by atoms with Crippen LogP contribution in [-0.2, 0) is 10.1 Å². The van der Waals surface area contributed by atoms with Crippen LogP contribution >= 0.6 is 15.9 Å². The Morgan fingerprint density at radius 1 is 1.06 bits per heavy atom. The van der Waals surface area contributed by atoms with E-state index in [0.717, 1.165) is 11.1 Å². The Morgan fingerprint density at radius 2 is 1.74 bits per heavy atom. The molecule has 0 aromatic heterocycles. The van der Waals surface area contributed by atoms with Crippen molar-refractivity contribution in [2.75, 3.05) is 13.2 Å². The summed E-state index contributed by atoms with van der Waals surface area (Å²) in [6.07, 6.45) is 3.31. The van der Waals surface area contributed by atoms with E-state index in [-0.39, 0.29) is 5.92 Å². The van der Waals surface area contributed by atoms with Crippen molar-refractivity contribution in [3.8, 4) is 17.2 Å². The average molecular weight is 473 g/mol. The normalized spacial score (nSPS) is 12.3. The first-order valence-corrected chi connectivity index (χ1v) is 11.2. The number of carbonyl (C=O) groups is 1. The average Bonchev–Trinajstić information content (AvgIpc) is 3.14. The Kier molecular flexibility index (Phi) is 6.49. The van der Waals surface area contributed by atoms with Crippen molar-refractivity contribution in [2.45, 2.75) is 11.2 Å². The molecule has 0 spiro atoms. The third-order valence-corrected chi connectivity index (χ3v) is 6.03. The molecule has 0 saturated heterocycles. The van der Waals surface area contributed by atoms with Gasteiger partial charge in [0.05, 0.1) is 11.6 Å². The van der Waals surface area contributed by atoms with Gasteiger partial charge in [0.15, 0.2) is 0 Å². The van der Waals surface area contributed by atoms with Gasteiger partial charge in [-0.1, -0.05) is 82.7 Å². The number of fused-ring (bicyclic) bond motifs is 3. The molecule has 0 unspecified atom stereocenters. The van der Waals surface area contributed by atoms with Crippen molar-refractivity contribution in [1.82, 2.24) is 5.32 Å². The van der Waals surface area contributed by atoms with E-state index in [1.54, 1.807) is 6.07 Å². The molecule has 1 N–H and O–H groups in total. The largest absolute Gasteiger partial charge is 0.449 e. The molecule has 5 heteroatoms. The molecule has 1 aliphatic carbocycles. The van der Waals surface area contributed by atoms with E-state index in [1.165, 1.54) is 22.3 Å². The highest BCUT2D eigenvalue weighted by Crippen LogP contribution is 2.44. The monoisotopic (exact) mass is 472 g/mol. The van der Waals surface area contributed by atoms with Gasteiger partial charge >= 0.3 is 6.09 Å². The van der Waals surface area contributed by atoms with Crippen molar-refractivity contribution >= 4 is 28.1 Å². The predicted octanol–water partition coefficient (Wildman–Crippen LogP) is 6.01. The summed E-state index contributed by atoms with van der Waals surface area (Å²) in [5.74, 6) is 0.0453. The molecule has 1 amide bonds. The van der Waals surface area contributed by atoms with Gasteiger partial charge in [0, 0.05) is 17.8 Å². The Hall–Kier alpha value is -3.36. The van der Waals surface area contributed by atoms with Crippen LogP contribution in [0, 0.1) is 11.3 Å². The summed E-state index contributed by atoms with van der Waals surface area (Å²) < 4.78 is 5.54. The molecule has 0 saturated carbocycles. The van der Waals surface area contributed by atoms with E-state index in [2.05, 4.69) is 51.6 Å². The van der Waals surface area contributed by atoms with Gasteiger partial charge in [-0.25, -0.2) is 4.79 Å². The second-order valence-corrected chi connectivity index (χ2v) is 7.83. The van der Waals surface area contributed by atoms with E-state index >= 15 is 0 Å². The SMILES string of the molecule is N#Cc1ccc(CBr)c(C=CCNC(=O)OCC2c3ccccc3-c3ccccc32)c1. The van der Waals surface area contributed by atoms with Crippen molar-refractivity contribution in [2.24, 2.45) is 0 Å². The number of hydrogen-bond donors (Lipinski definition) is 1.